The van der Waals surface area contributed by atoms with Crippen molar-refractivity contribution in [3.05, 3.63) is 35.4 Å². The fourth-order valence-electron chi connectivity index (χ4n) is 1.01. The maximum absolute atomic E-state index is 12.9. The Labute approximate surface area is 93.2 Å². The standard InChI is InChI=1S/C12H14F2O2/c1-4-12(2,3)16-11(15)8-5-6-9(13)10(14)7-8/h5-7H,4H2,1-3H3. The van der Waals surface area contributed by atoms with Crippen LogP contribution >= 0.6 is 0 Å². The normalized spacial score (nSPS) is 11.3. The Kier molecular flexibility index (Phi) is 3.62. The number of carbonyl (C=O) groups is 1. The summed E-state index contributed by atoms with van der Waals surface area (Å²) in [5, 5.41) is 0. The Hall–Kier alpha value is -1.45. The molecule has 0 N–H and O–H groups in total. The fraction of sp³-hybridized carbons (Fsp3) is 0.417. The quantitative estimate of drug-likeness (QED) is 0.742. The molecule has 0 amide bonds. The molecule has 88 valence electrons. The number of rotatable bonds is 3. The molecule has 0 spiro atoms. The molecular weight excluding hydrogens is 214 g/mol. The second kappa shape index (κ2) is 4.60. The van der Waals surface area contributed by atoms with Gasteiger partial charge in [-0.3, -0.25) is 0 Å². The Morgan fingerprint density at radius 1 is 1.31 bits per heavy atom. The van der Waals surface area contributed by atoms with Crippen molar-refractivity contribution in [3.63, 3.8) is 0 Å². The van der Waals surface area contributed by atoms with E-state index in [1.165, 1.54) is 6.07 Å². The molecule has 0 unspecified atom stereocenters. The average molecular weight is 228 g/mol. The van der Waals surface area contributed by atoms with Crippen LogP contribution in [0.5, 0.6) is 0 Å². The highest BCUT2D eigenvalue weighted by molar-refractivity contribution is 5.89. The van der Waals surface area contributed by atoms with Crippen LogP contribution in [0.2, 0.25) is 0 Å². The highest BCUT2D eigenvalue weighted by atomic mass is 19.2. The molecule has 0 saturated heterocycles. The lowest BCUT2D eigenvalue weighted by atomic mass is 10.1. The number of ether oxygens (including phenoxy) is 1. The molecule has 1 aromatic rings. The third kappa shape index (κ3) is 3.02. The van der Waals surface area contributed by atoms with E-state index in [1.807, 2.05) is 6.92 Å². The molecule has 0 aliphatic carbocycles. The first-order chi connectivity index (χ1) is 7.35. The molecule has 0 bridgehead atoms. The summed E-state index contributed by atoms with van der Waals surface area (Å²) >= 11 is 0. The number of esters is 1. The third-order valence-electron chi connectivity index (χ3n) is 2.38. The predicted octanol–water partition coefficient (Wildman–Crippen LogP) is 3.31. The van der Waals surface area contributed by atoms with Gasteiger partial charge in [0.05, 0.1) is 5.56 Å². The van der Waals surface area contributed by atoms with E-state index >= 15 is 0 Å². The first-order valence-electron chi connectivity index (χ1n) is 5.04. The Morgan fingerprint density at radius 2 is 1.94 bits per heavy atom. The van der Waals surface area contributed by atoms with Crippen LogP contribution in [-0.4, -0.2) is 11.6 Å². The van der Waals surface area contributed by atoms with Crippen molar-refractivity contribution in [1.82, 2.24) is 0 Å². The highest BCUT2D eigenvalue weighted by Gasteiger charge is 2.22. The number of hydrogen-bond acceptors (Lipinski definition) is 2. The van der Waals surface area contributed by atoms with Crippen molar-refractivity contribution in [2.24, 2.45) is 0 Å². The van der Waals surface area contributed by atoms with E-state index in [1.54, 1.807) is 13.8 Å². The van der Waals surface area contributed by atoms with Gasteiger partial charge in [0.1, 0.15) is 5.60 Å². The predicted molar refractivity (Wildman–Crippen MR) is 56.1 cm³/mol. The van der Waals surface area contributed by atoms with Crippen LogP contribution in [-0.2, 0) is 4.74 Å². The lowest BCUT2D eigenvalue weighted by Gasteiger charge is -2.23. The first-order valence-corrected chi connectivity index (χ1v) is 5.04. The van der Waals surface area contributed by atoms with E-state index in [-0.39, 0.29) is 5.56 Å². The van der Waals surface area contributed by atoms with Crippen molar-refractivity contribution in [1.29, 1.82) is 0 Å². The van der Waals surface area contributed by atoms with E-state index in [0.29, 0.717) is 6.42 Å². The third-order valence-corrected chi connectivity index (χ3v) is 2.38. The lowest BCUT2D eigenvalue weighted by Crippen LogP contribution is -2.27. The highest BCUT2D eigenvalue weighted by Crippen LogP contribution is 2.17. The van der Waals surface area contributed by atoms with Crippen LogP contribution in [0.3, 0.4) is 0 Å². The maximum atomic E-state index is 12.9. The summed E-state index contributed by atoms with van der Waals surface area (Å²) in [5.41, 5.74) is -0.595. The molecule has 1 aromatic carbocycles. The average Bonchev–Trinajstić information content (AvgIpc) is 2.21. The van der Waals surface area contributed by atoms with Crippen LogP contribution in [0.1, 0.15) is 37.6 Å². The Morgan fingerprint density at radius 3 is 2.44 bits per heavy atom. The molecule has 0 aromatic heterocycles. The van der Waals surface area contributed by atoms with Gasteiger partial charge in [0, 0.05) is 0 Å². The molecule has 1 rings (SSSR count). The second-order valence-electron chi connectivity index (χ2n) is 4.13. The van der Waals surface area contributed by atoms with Gasteiger partial charge >= 0.3 is 5.97 Å². The SMILES string of the molecule is CCC(C)(C)OC(=O)c1ccc(F)c(F)c1. The molecule has 0 heterocycles. The fourth-order valence-corrected chi connectivity index (χ4v) is 1.01. The molecule has 0 saturated carbocycles. The van der Waals surface area contributed by atoms with Crippen molar-refractivity contribution in [3.8, 4) is 0 Å². The van der Waals surface area contributed by atoms with Gasteiger partial charge in [0.25, 0.3) is 0 Å². The van der Waals surface area contributed by atoms with Crippen LogP contribution in [0.25, 0.3) is 0 Å². The van der Waals surface area contributed by atoms with E-state index in [0.717, 1.165) is 12.1 Å². The van der Waals surface area contributed by atoms with Gasteiger partial charge in [-0.15, -0.1) is 0 Å². The molecule has 0 atom stereocenters. The van der Waals surface area contributed by atoms with Gasteiger partial charge in [-0.1, -0.05) is 6.92 Å². The minimum absolute atomic E-state index is 0.0143. The van der Waals surface area contributed by atoms with Gasteiger partial charge in [0.15, 0.2) is 11.6 Å². The van der Waals surface area contributed by atoms with E-state index in [9.17, 15) is 13.6 Å². The van der Waals surface area contributed by atoms with Gasteiger partial charge < -0.3 is 4.74 Å². The maximum Gasteiger partial charge on any atom is 0.338 e. The molecule has 0 fully saturated rings. The summed E-state index contributed by atoms with van der Waals surface area (Å²) in [5.74, 6) is -2.68. The monoisotopic (exact) mass is 228 g/mol. The first kappa shape index (κ1) is 12.6. The lowest BCUT2D eigenvalue weighted by molar-refractivity contribution is -0.00249. The zero-order chi connectivity index (χ0) is 12.3. The smallest absolute Gasteiger partial charge is 0.338 e. The second-order valence-corrected chi connectivity index (χ2v) is 4.13. The van der Waals surface area contributed by atoms with Gasteiger partial charge in [-0.2, -0.15) is 0 Å². The van der Waals surface area contributed by atoms with Crippen molar-refractivity contribution in [2.75, 3.05) is 0 Å². The summed E-state index contributed by atoms with van der Waals surface area (Å²) in [7, 11) is 0. The van der Waals surface area contributed by atoms with Crippen LogP contribution < -0.4 is 0 Å². The molecular formula is C12H14F2O2. The van der Waals surface area contributed by atoms with E-state index < -0.39 is 23.2 Å². The summed E-state index contributed by atoms with van der Waals surface area (Å²) in [6.07, 6.45) is 0.641. The van der Waals surface area contributed by atoms with Crippen molar-refractivity contribution >= 4 is 5.97 Å². The van der Waals surface area contributed by atoms with Gasteiger partial charge in [-0.25, -0.2) is 13.6 Å². The van der Waals surface area contributed by atoms with Crippen molar-refractivity contribution < 1.29 is 18.3 Å². The van der Waals surface area contributed by atoms with Crippen LogP contribution in [0.15, 0.2) is 18.2 Å². The van der Waals surface area contributed by atoms with Gasteiger partial charge in [-0.05, 0) is 38.5 Å². The topological polar surface area (TPSA) is 26.3 Å². The minimum atomic E-state index is -1.05. The van der Waals surface area contributed by atoms with E-state index in [2.05, 4.69) is 0 Å². The van der Waals surface area contributed by atoms with E-state index in [4.69, 9.17) is 4.74 Å². The summed E-state index contributed by atoms with van der Waals surface area (Å²) in [4.78, 5) is 11.6. The summed E-state index contributed by atoms with van der Waals surface area (Å²) < 4.78 is 30.7. The molecule has 16 heavy (non-hydrogen) atoms. The molecule has 0 aliphatic heterocycles. The van der Waals surface area contributed by atoms with Crippen molar-refractivity contribution in [2.45, 2.75) is 32.8 Å². The molecule has 2 nitrogen and oxygen atoms in total. The zero-order valence-corrected chi connectivity index (χ0v) is 9.51. The van der Waals surface area contributed by atoms with Crippen LogP contribution in [0, 0.1) is 11.6 Å². The number of carbonyl (C=O) groups excluding carboxylic acids is 1. The number of halogens is 2. The summed E-state index contributed by atoms with van der Waals surface area (Å²) in [6.45, 7) is 5.38. The van der Waals surface area contributed by atoms with Crippen LogP contribution in [0.4, 0.5) is 8.78 Å². The zero-order valence-electron chi connectivity index (χ0n) is 9.51. The van der Waals surface area contributed by atoms with Gasteiger partial charge in [0.2, 0.25) is 0 Å². The Balaban J connectivity index is 2.85. The molecule has 0 radical (unpaired) electrons. The minimum Gasteiger partial charge on any atom is -0.456 e. The molecule has 4 heteroatoms. The number of hydrogen-bond donors (Lipinski definition) is 0. The largest absolute Gasteiger partial charge is 0.456 e. The molecule has 0 aliphatic rings. The number of benzene rings is 1. The summed E-state index contributed by atoms with van der Waals surface area (Å²) in [6, 6.07) is 2.95. The Bertz CT molecular complexity index is 400.